The van der Waals surface area contributed by atoms with Crippen molar-refractivity contribution >= 4 is 11.6 Å². The van der Waals surface area contributed by atoms with Gasteiger partial charge in [-0.2, -0.15) is 0 Å². The van der Waals surface area contributed by atoms with Gasteiger partial charge in [0.2, 0.25) is 0 Å². The number of morpholine rings is 1. The Hall–Kier alpha value is -2.33. The molecule has 1 N–H and O–H groups in total. The van der Waals surface area contributed by atoms with Gasteiger partial charge in [0.25, 0.3) is 0 Å². The summed E-state index contributed by atoms with van der Waals surface area (Å²) in [5, 5.41) is 3.44. The zero-order chi connectivity index (χ0) is 15.0. The highest BCUT2D eigenvalue weighted by Crippen LogP contribution is 2.09. The fourth-order valence-electron chi connectivity index (χ4n) is 2.39. The number of hydrogen-bond acceptors (Lipinski definition) is 2. The fraction of sp³-hybridized carbons (Fsp3) is 0.278. The summed E-state index contributed by atoms with van der Waals surface area (Å²) in [6.45, 7) is 3.91. The van der Waals surface area contributed by atoms with E-state index in [0.29, 0.717) is 6.54 Å². The summed E-state index contributed by atoms with van der Waals surface area (Å²) in [6.07, 6.45) is 0. The minimum atomic E-state index is 0.674. The monoisotopic (exact) mass is 295 g/mol. The smallest absolute Gasteiger partial charge is 0.198 e. The minimum Gasteiger partial charge on any atom is -0.378 e. The Morgan fingerprint density at radius 1 is 0.955 bits per heavy atom. The van der Waals surface area contributed by atoms with Crippen LogP contribution in [0.1, 0.15) is 5.56 Å². The molecule has 0 aromatic heterocycles. The molecule has 2 aromatic rings. The third-order valence-corrected chi connectivity index (χ3v) is 3.59. The van der Waals surface area contributed by atoms with E-state index >= 15 is 0 Å². The Kier molecular flexibility index (Phi) is 5.05. The zero-order valence-corrected chi connectivity index (χ0v) is 12.6. The van der Waals surface area contributed by atoms with E-state index in [1.165, 1.54) is 5.56 Å². The van der Waals surface area contributed by atoms with Crippen molar-refractivity contribution in [2.45, 2.75) is 6.54 Å². The van der Waals surface area contributed by atoms with Gasteiger partial charge in [-0.25, -0.2) is 4.99 Å². The summed E-state index contributed by atoms with van der Waals surface area (Å²) in [7, 11) is 0. The van der Waals surface area contributed by atoms with E-state index in [9.17, 15) is 0 Å². The molecule has 1 heterocycles. The molecule has 0 aliphatic carbocycles. The van der Waals surface area contributed by atoms with E-state index in [1.54, 1.807) is 0 Å². The van der Waals surface area contributed by atoms with Gasteiger partial charge in [-0.1, -0.05) is 48.5 Å². The maximum Gasteiger partial charge on any atom is 0.198 e. The number of hydrogen-bond donors (Lipinski definition) is 1. The third-order valence-electron chi connectivity index (χ3n) is 3.59. The number of anilines is 1. The molecule has 4 nitrogen and oxygen atoms in total. The SMILES string of the molecule is c1ccc(CN=C(Nc2ccccc2)N2CCOCC2)cc1. The second-order valence-corrected chi connectivity index (χ2v) is 5.22. The Morgan fingerprint density at radius 2 is 1.59 bits per heavy atom. The quantitative estimate of drug-likeness (QED) is 0.698. The fourth-order valence-corrected chi connectivity index (χ4v) is 2.39. The Bertz CT molecular complexity index is 592. The molecular formula is C18H21N3O. The topological polar surface area (TPSA) is 36.9 Å². The Labute approximate surface area is 131 Å². The number of guanidine groups is 1. The molecule has 0 saturated carbocycles. The summed E-state index contributed by atoms with van der Waals surface area (Å²) in [5.41, 5.74) is 2.27. The van der Waals surface area contributed by atoms with Gasteiger partial charge in [-0.3, -0.25) is 0 Å². The maximum atomic E-state index is 5.44. The van der Waals surface area contributed by atoms with Crippen LogP contribution in [0.4, 0.5) is 5.69 Å². The Morgan fingerprint density at radius 3 is 2.27 bits per heavy atom. The van der Waals surface area contributed by atoms with Crippen molar-refractivity contribution in [3.05, 3.63) is 66.2 Å². The standard InChI is InChI=1S/C18H21N3O/c1-3-7-16(8-4-1)15-19-18(21-11-13-22-14-12-21)20-17-9-5-2-6-10-17/h1-10H,11-15H2,(H,19,20). The van der Waals surface area contributed by atoms with E-state index in [1.807, 2.05) is 36.4 Å². The number of ether oxygens (including phenoxy) is 1. The number of rotatable bonds is 3. The second-order valence-electron chi connectivity index (χ2n) is 5.22. The number of nitrogens with one attached hydrogen (secondary N) is 1. The average molecular weight is 295 g/mol. The van der Waals surface area contributed by atoms with Crippen LogP contribution in [-0.2, 0) is 11.3 Å². The molecule has 1 aliphatic rings. The van der Waals surface area contributed by atoms with Crippen LogP contribution >= 0.6 is 0 Å². The van der Waals surface area contributed by atoms with Crippen molar-refractivity contribution in [3.8, 4) is 0 Å². The van der Waals surface area contributed by atoms with Crippen LogP contribution in [0.5, 0.6) is 0 Å². The molecule has 3 rings (SSSR count). The van der Waals surface area contributed by atoms with Crippen molar-refractivity contribution in [2.24, 2.45) is 4.99 Å². The van der Waals surface area contributed by atoms with Gasteiger partial charge in [-0.15, -0.1) is 0 Å². The molecule has 1 fully saturated rings. The van der Waals surface area contributed by atoms with Crippen LogP contribution in [0, 0.1) is 0 Å². The first-order chi connectivity index (χ1) is 10.9. The van der Waals surface area contributed by atoms with E-state index < -0.39 is 0 Å². The summed E-state index contributed by atoms with van der Waals surface area (Å²) in [5.74, 6) is 0.915. The van der Waals surface area contributed by atoms with Gasteiger partial charge in [0, 0.05) is 18.8 Å². The molecule has 1 saturated heterocycles. The number of benzene rings is 2. The summed E-state index contributed by atoms with van der Waals surface area (Å²) < 4.78 is 5.44. The third kappa shape index (κ3) is 4.09. The largest absolute Gasteiger partial charge is 0.378 e. The van der Waals surface area contributed by atoms with Crippen LogP contribution in [0.15, 0.2) is 65.7 Å². The first-order valence-electron chi connectivity index (χ1n) is 7.65. The molecule has 0 amide bonds. The second kappa shape index (κ2) is 7.61. The van der Waals surface area contributed by atoms with Crippen molar-refractivity contribution in [3.63, 3.8) is 0 Å². The first kappa shape index (κ1) is 14.6. The van der Waals surface area contributed by atoms with Crippen LogP contribution in [0.2, 0.25) is 0 Å². The first-order valence-corrected chi connectivity index (χ1v) is 7.65. The minimum absolute atomic E-state index is 0.674. The van der Waals surface area contributed by atoms with E-state index in [2.05, 4.69) is 34.5 Å². The molecule has 0 radical (unpaired) electrons. The molecule has 1 aliphatic heterocycles. The number of aliphatic imine (C=N–C) groups is 1. The van der Waals surface area contributed by atoms with E-state index in [0.717, 1.165) is 38.0 Å². The van der Waals surface area contributed by atoms with Crippen LogP contribution < -0.4 is 5.32 Å². The lowest BCUT2D eigenvalue weighted by Crippen LogP contribution is -2.44. The van der Waals surface area contributed by atoms with Gasteiger partial charge in [0.15, 0.2) is 5.96 Å². The molecule has 22 heavy (non-hydrogen) atoms. The number of nitrogens with zero attached hydrogens (tertiary/aromatic N) is 2. The lowest BCUT2D eigenvalue weighted by Gasteiger charge is -2.30. The molecule has 0 unspecified atom stereocenters. The highest BCUT2D eigenvalue weighted by molar-refractivity contribution is 5.93. The maximum absolute atomic E-state index is 5.44. The predicted molar refractivity (Wildman–Crippen MR) is 90.0 cm³/mol. The zero-order valence-electron chi connectivity index (χ0n) is 12.6. The van der Waals surface area contributed by atoms with Crippen molar-refractivity contribution in [2.75, 3.05) is 31.6 Å². The normalized spacial score (nSPS) is 15.6. The van der Waals surface area contributed by atoms with Gasteiger partial charge in [0.05, 0.1) is 19.8 Å². The molecule has 2 aromatic carbocycles. The molecule has 0 bridgehead atoms. The van der Waals surface area contributed by atoms with Crippen LogP contribution in [-0.4, -0.2) is 37.2 Å². The van der Waals surface area contributed by atoms with Gasteiger partial charge < -0.3 is 15.0 Å². The lowest BCUT2D eigenvalue weighted by atomic mass is 10.2. The highest BCUT2D eigenvalue weighted by atomic mass is 16.5. The predicted octanol–water partition coefficient (Wildman–Crippen LogP) is 2.99. The highest BCUT2D eigenvalue weighted by Gasteiger charge is 2.15. The van der Waals surface area contributed by atoms with Crippen molar-refractivity contribution < 1.29 is 4.74 Å². The van der Waals surface area contributed by atoms with Gasteiger partial charge in [0.1, 0.15) is 0 Å². The number of para-hydroxylation sites is 1. The van der Waals surface area contributed by atoms with Gasteiger partial charge in [-0.05, 0) is 17.7 Å². The van der Waals surface area contributed by atoms with Crippen LogP contribution in [0.3, 0.4) is 0 Å². The molecule has 0 spiro atoms. The van der Waals surface area contributed by atoms with Crippen LogP contribution in [0.25, 0.3) is 0 Å². The van der Waals surface area contributed by atoms with Crippen molar-refractivity contribution in [1.29, 1.82) is 0 Å². The average Bonchev–Trinajstić information content (AvgIpc) is 2.61. The summed E-state index contributed by atoms with van der Waals surface area (Å²) in [4.78, 5) is 7.04. The van der Waals surface area contributed by atoms with E-state index in [4.69, 9.17) is 9.73 Å². The lowest BCUT2D eigenvalue weighted by molar-refractivity contribution is 0.0679. The molecule has 0 atom stereocenters. The van der Waals surface area contributed by atoms with E-state index in [-0.39, 0.29) is 0 Å². The molecule has 114 valence electrons. The van der Waals surface area contributed by atoms with Crippen molar-refractivity contribution in [1.82, 2.24) is 4.90 Å². The Balaban J connectivity index is 1.75. The molecular weight excluding hydrogens is 274 g/mol. The molecule has 4 heteroatoms. The summed E-state index contributed by atoms with van der Waals surface area (Å²) in [6, 6.07) is 20.5. The summed E-state index contributed by atoms with van der Waals surface area (Å²) >= 11 is 0. The van der Waals surface area contributed by atoms with Gasteiger partial charge >= 0.3 is 0 Å².